The van der Waals surface area contributed by atoms with Crippen molar-refractivity contribution in [3.8, 4) is 33.9 Å². The number of benzene rings is 2. The molecule has 31 heavy (non-hydrogen) atoms. The summed E-state index contributed by atoms with van der Waals surface area (Å²) < 4.78 is 11.6. The molecule has 0 saturated heterocycles. The average Bonchev–Trinajstić information content (AvgIpc) is 3.28. The van der Waals surface area contributed by atoms with Crippen LogP contribution in [-0.2, 0) is 10.8 Å². The quantitative estimate of drug-likeness (QED) is 0.381. The second-order valence-corrected chi connectivity index (χ2v) is 7.77. The lowest BCUT2D eigenvalue weighted by Gasteiger charge is -2.03. The maximum Gasteiger partial charge on any atom is 0.138 e. The number of pyridine rings is 1. The zero-order valence-electron chi connectivity index (χ0n) is 19.1. The van der Waals surface area contributed by atoms with E-state index in [9.17, 15) is 4.21 Å². The van der Waals surface area contributed by atoms with E-state index in [1.807, 2.05) is 70.2 Å². The number of aromatic amines is 1. The molecule has 0 fully saturated rings. The molecule has 0 aliphatic carbocycles. The molecule has 1 N–H and O–H groups in total. The van der Waals surface area contributed by atoms with Gasteiger partial charge in [0, 0.05) is 51.0 Å². The van der Waals surface area contributed by atoms with Gasteiger partial charge in [0.1, 0.15) is 5.82 Å². The van der Waals surface area contributed by atoms with Crippen LogP contribution < -0.4 is 0 Å². The zero-order valence-corrected chi connectivity index (χ0v) is 20.0. The first-order valence-electron chi connectivity index (χ1n) is 10.6. The van der Waals surface area contributed by atoms with Gasteiger partial charge in [-0.1, -0.05) is 63.6 Å². The Morgan fingerprint density at radius 2 is 1.45 bits per heavy atom. The monoisotopic (exact) mass is 433 g/mol. The summed E-state index contributed by atoms with van der Waals surface area (Å²) in [5.41, 5.74) is 6.11. The van der Waals surface area contributed by atoms with Crippen molar-refractivity contribution in [3.63, 3.8) is 0 Å². The van der Waals surface area contributed by atoms with Crippen LogP contribution in [0.4, 0.5) is 0 Å². The van der Waals surface area contributed by atoms with Gasteiger partial charge >= 0.3 is 0 Å². The van der Waals surface area contributed by atoms with Gasteiger partial charge in [-0.15, -0.1) is 0 Å². The average molecular weight is 434 g/mol. The molecule has 0 aliphatic heterocycles. The highest BCUT2D eigenvalue weighted by atomic mass is 32.2. The fraction of sp³-hybridized carbons (Fsp3) is 0.231. The molecule has 4 nitrogen and oxygen atoms in total. The van der Waals surface area contributed by atoms with Crippen LogP contribution >= 0.6 is 0 Å². The lowest BCUT2D eigenvalue weighted by molar-refractivity contribution is 0.687. The summed E-state index contributed by atoms with van der Waals surface area (Å²) in [5, 5.41) is 0. The van der Waals surface area contributed by atoms with E-state index in [1.54, 1.807) is 18.6 Å². The van der Waals surface area contributed by atoms with Gasteiger partial charge in [0.25, 0.3) is 0 Å². The molecular formula is C26H31N3OS. The van der Waals surface area contributed by atoms with Crippen molar-refractivity contribution in [2.45, 2.75) is 39.5 Å². The van der Waals surface area contributed by atoms with Crippen LogP contribution in [0.1, 0.15) is 33.3 Å². The van der Waals surface area contributed by atoms with E-state index in [1.165, 1.54) is 5.56 Å². The molecule has 0 spiro atoms. The minimum absolute atomic E-state index is 0.784. The van der Waals surface area contributed by atoms with Crippen LogP contribution in [-0.4, -0.2) is 25.4 Å². The highest BCUT2D eigenvalue weighted by molar-refractivity contribution is 7.84. The highest BCUT2D eigenvalue weighted by Crippen LogP contribution is 2.33. The molecule has 1 unspecified atom stereocenters. The van der Waals surface area contributed by atoms with Crippen molar-refractivity contribution < 1.29 is 4.21 Å². The Bertz CT molecular complexity index is 1100. The first-order valence-corrected chi connectivity index (χ1v) is 12.2. The number of H-pyrrole nitrogens is 1. The number of aromatic nitrogens is 3. The zero-order chi connectivity index (χ0) is 22.8. The van der Waals surface area contributed by atoms with Gasteiger partial charge in [-0.05, 0) is 37.3 Å². The third-order valence-corrected chi connectivity index (χ3v) is 5.36. The summed E-state index contributed by atoms with van der Waals surface area (Å²) in [4.78, 5) is 13.3. The molecule has 0 aliphatic rings. The van der Waals surface area contributed by atoms with E-state index in [0.717, 1.165) is 38.8 Å². The standard InChI is InChI=1S/C22H19N3OS.2C2H6/c1-15-4-3-5-18(14-15)21-20(16-10-12-23-13-11-16)24-22(25-21)17-6-8-19(9-7-17)27(2)26;2*1-2/h3-14H,1-2H3,(H,24,25);2*1-2H3. The second-order valence-electron chi connectivity index (χ2n) is 6.39. The summed E-state index contributed by atoms with van der Waals surface area (Å²) in [6.07, 6.45) is 5.24. The molecule has 2 heterocycles. The largest absolute Gasteiger partial charge is 0.337 e. The third kappa shape index (κ3) is 5.98. The maximum atomic E-state index is 11.6. The highest BCUT2D eigenvalue weighted by Gasteiger charge is 2.15. The Labute approximate surface area is 188 Å². The van der Waals surface area contributed by atoms with Gasteiger partial charge < -0.3 is 4.98 Å². The number of hydrogen-bond acceptors (Lipinski definition) is 3. The van der Waals surface area contributed by atoms with Gasteiger partial charge in [0.05, 0.1) is 11.4 Å². The molecule has 2 aromatic heterocycles. The minimum atomic E-state index is -0.992. The number of rotatable bonds is 4. The van der Waals surface area contributed by atoms with Crippen LogP contribution in [0.15, 0.2) is 78.0 Å². The smallest absolute Gasteiger partial charge is 0.138 e. The maximum absolute atomic E-state index is 11.6. The first kappa shape index (κ1) is 24.2. The molecule has 1 atom stereocenters. The van der Waals surface area contributed by atoms with Crippen molar-refractivity contribution >= 4 is 10.8 Å². The summed E-state index contributed by atoms with van der Waals surface area (Å²) in [5.74, 6) is 0.784. The normalized spacial score (nSPS) is 10.9. The van der Waals surface area contributed by atoms with Crippen LogP contribution in [0.5, 0.6) is 0 Å². The van der Waals surface area contributed by atoms with Gasteiger partial charge in [0.15, 0.2) is 0 Å². The third-order valence-electron chi connectivity index (χ3n) is 4.42. The number of nitrogens with one attached hydrogen (secondary N) is 1. The van der Waals surface area contributed by atoms with Gasteiger partial charge in [0.2, 0.25) is 0 Å². The van der Waals surface area contributed by atoms with Crippen LogP contribution in [0, 0.1) is 6.92 Å². The van der Waals surface area contributed by atoms with Crippen molar-refractivity contribution in [3.05, 3.63) is 78.6 Å². The van der Waals surface area contributed by atoms with Crippen molar-refractivity contribution in [1.29, 1.82) is 0 Å². The van der Waals surface area contributed by atoms with Crippen LogP contribution in [0.3, 0.4) is 0 Å². The van der Waals surface area contributed by atoms with Gasteiger partial charge in [-0.2, -0.15) is 0 Å². The van der Waals surface area contributed by atoms with Crippen molar-refractivity contribution in [2.75, 3.05) is 6.26 Å². The molecule has 0 amide bonds. The predicted molar refractivity (Wildman–Crippen MR) is 132 cm³/mol. The molecule has 4 rings (SSSR count). The summed E-state index contributed by atoms with van der Waals surface area (Å²) in [6, 6.07) is 19.9. The Morgan fingerprint density at radius 1 is 0.806 bits per heavy atom. The van der Waals surface area contributed by atoms with E-state index >= 15 is 0 Å². The van der Waals surface area contributed by atoms with Crippen molar-refractivity contribution in [2.24, 2.45) is 0 Å². The Balaban J connectivity index is 0.000000807. The molecule has 0 radical (unpaired) electrons. The number of imidazole rings is 1. The summed E-state index contributed by atoms with van der Waals surface area (Å²) in [6.45, 7) is 10.1. The summed E-state index contributed by atoms with van der Waals surface area (Å²) >= 11 is 0. The second kappa shape index (κ2) is 12.0. The van der Waals surface area contributed by atoms with E-state index in [-0.39, 0.29) is 0 Å². The topological polar surface area (TPSA) is 58.6 Å². The number of aryl methyl sites for hydroxylation is 1. The van der Waals surface area contributed by atoms with Crippen LogP contribution in [0.2, 0.25) is 0 Å². The minimum Gasteiger partial charge on any atom is -0.337 e. The molecule has 4 aromatic rings. The molecule has 0 saturated carbocycles. The Morgan fingerprint density at radius 3 is 2.03 bits per heavy atom. The van der Waals surface area contributed by atoms with Crippen LogP contribution in [0.25, 0.3) is 33.9 Å². The fourth-order valence-corrected chi connectivity index (χ4v) is 3.56. The number of nitrogens with zero attached hydrogens (tertiary/aromatic N) is 2. The van der Waals surface area contributed by atoms with E-state index in [2.05, 4.69) is 35.1 Å². The van der Waals surface area contributed by atoms with E-state index in [4.69, 9.17) is 4.98 Å². The SMILES string of the molecule is CC.CC.Cc1cccc(-c2nc(-c3ccc(S(C)=O)cc3)[nH]c2-c2ccncc2)c1. The van der Waals surface area contributed by atoms with Gasteiger partial charge in [-0.3, -0.25) is 9.19 Å². The summed E-state index contributed by atoms with van der Waals surface area (Å²) in [7, 11) is -0.992. The predicted octanol–water partition coefficient (Wildman–Crippen LogP) is 6.90. The fourth-order valence-electron chi connectivity index (χ4n) is 3.04. The van der Waals surface area contributed by atoms with E-state index in [0.29, 0.717) is 0 Å². The van der Waals surface area contributed by atoms with Crippen molar-refractivity contribution in [1.82, 2.24) is 15.0 Å². The molecule has 5 heteroatoms. The first-order chi connectivity index (χ1) is 15.1. The molecule has 2 aromatic carbocycles. The van der Waals surface area contributed by atoms with E-state index < -0.39 is 10.8 Å². The molecule has 0 bridgehead atoms. The number of hydrogen-bond donors (Lipinski definition) is 1. The lowest BCUT2D eigenvalue weighted by atomic mass is 10.0. The Kier molecular flexibility index (Phi) is 9.35. The lowest BCUT2D eigenvalue weighted by Crippen LogP contribution is -1.87. The Hall–Kier alpha value is -3.05. The molecular weight excluding hydrogens is 402 g/mol. The van der Waals surface area contributed by atoms with Gasteiger partial charge in [-0.25, -0.2) is 4.98 Å². The molecule has 162 valence electrons.